The molecular formula is C22H26N2O4. The number of nitrogens with one attached hydrogen (secondary N) is 2. The molecule has 0 aliphatic carbocycles. The fraction of sp³-hybridized carbons (Fsp3) is 0.318. The van der Waals surface area contributed by atoms with Crippen molar-refractivity contribution in [1.29, 1.82) is 0 Å². The molecule has 0 aromatic heterocycles. The lowest BCUT2D eigenvalue weighted by Gasteiger charge is -2.08. The average molecular weight is 382 g/mol. The summed E-state index contributed by atoms with van der Waals surface area (Å²) in [6, 6.07) is 14.0. The largest absolute Gasteiger partial charge is 0.494 e. The Labute approximate surface area is 165 Å². The molecule has 2 N–H and O–H groups in total. The monoisotopic (exact) mass is 382 g/mol. The second-order valence-electron chi connectivity index (χ2n) is 6.35. The molecule has 0 spiro atoms. The molecule has 6 heteroatoms. The quantitative estimate of drug-likeness (QED) is 0.514. The second-order valence-corrected chi connectivity index (χ2v) is 6.35. The van der Waals surface area contributed by atoms with Gasteiger partial charge in [0.1, 0.15) is 5.75 Å². The number of ketones is 1. The van der Waals surface area contributed by atoms with Crippen molar-refractivity contribution >= 4 is 17.6 Å². The fourth-order valence-electron chi connectivity index (χ4n) is 2.48. The number of carbonyl (C=O) groups is 3. The Morgan fingerprint density at radius 1 is 0.821 bits per heavy atom. The molecule has 28 heavy (non-hydrogen) atoms. The van der Waals surface area contributed by atoms with Gasteiger partial charge in [0.05, 0.1) is 6.61 Å². The highest BCUT2D eigenvalue weighted by molar-refractivity contribution is 5.99. The number of hydrazine groups is 1. The van der Waals surface area contributed by atoms with Crippen molar-refractivity contribution in [2.45, 2.75) is 39.5 Å². The molecule has 2 rings (SSSR count). The van der Waals surface area contributed by atoms with Gasteiger partial charge in [-0.05, 0) is 54.8 Å². The zero-order valence-corrected chi connectivity index (χ0v) is 16.3. The molecule has 0 saturated heterocycles. The summed E-state index contributed by atoms with van der Waals surface area (Å²) < 4.78 is 5.48. The number of rotatable bonds is 9. The number of amides is 2. The topological polar surface area (TPSA) is 84.5 Å². The number of carbonyl (C=O) groups excluding carboxylic acids is 3. The molecule has 0 heterocycles. The van der Waals surface area contributed by atoms with E-state index in [4.69, 9.17) is 4.74 Å². The number of ether oxygens (including phenoxy) is 1. The highest BCUT2D eigenvalue weighted by atomic mass is 16.5. The summed E-state index contributed by atoms with van der Waals surface area (Å²) in [7, 11) is 0. The Hall–Kier alpha value is -3.15. The Bertz CT molecular complexity index is 798. The van der Waals surface area contributed by atoms with E-state index in [1.807, 2.05) is 26.0 Å². The molecule has 0 bridgehead atoms. The molecular weight excluding hydrogens is 356 g/mol. The molecule has 0 fully saturated rings. The van der Waals surface area contributed by atoms with Gasteiger partial charge in [-0.15, -0.1) is 0 Å². The first-order valence-corrected chi connectivity index (χ1v) is 9.47. The molecule has 148 valence electrons. The normalized spacial score (nSPS) is 10.2. The lowest BCUT2D eigenvalue weighted by atomic mass is 10.1. The third-order valence-electron chi connectivity index (χ3n) is 4.17. The summed E-state index contributed by atoms with van der Waals surface area (Å²) in [5.41, 5.74) is 6.81. The van der Waals surface area contributed by atoms with Crippen LogP contribution >= 0.6 is 0 Å². The van der Waals surface area contributed by atoms with Gasteiger partial charge in [-0.1, -0.05) is 26.0 Å². The van der Waals surface area contributed by atoms with Gasteiger partial charge in [0, 0.05) is 24.0 Å². The highest BCUT2D eigenvalue weighted by Gasteiger charge is 2.11. The van der Waals surface area contributed by atoms with Crippen LogP contribution in [0.2, 0.25) is 0 Å². The van der Waals surface area contributed by atoms with E-state index in [-0.39, 0.29) is 18.6 Å². The Morgan fingerprint density at radius 3 is 2.07 bits per heavy atom. The van der Waals surface area contributed by atoms with Gasteiger partial charge < -0.3 is 4.74 Å². The average Bonchev–Trinajstić information content (AvgIpc) is 2.74. The SMILES string of the molecule is CCCOc1ccc(C(=O)CCC(=O)NNC(=O)c2ccc(CC)cc2)cc1. The summed E-state index contributed by atoms with van der Waals surface area (Å²) >= 11 is 0. The van der Waals surface area contributed by atoms with Crippen molar-refractivity contribution in [1.82, 2.24) is 10.9 Å². The first-order valence-electron chi connectivity index (χ1n) is 9.47. The van der Waals surface area contributed by atoms with Crippen LogP contribution in [0.5, 0.6) is 5.75 Å². The zero-order valence-electron chi connectivity index (χ0n) is 16.3. The van der Waals surface area contributed by atoms with E-state index in [1.165, 1.54) is 0 Å². The summed E-state index contributed by atoms with van der Waals surface area (Å²) in [5.74, 6) is -0.246. The summed E-state index contributed by atoms with van der Waals surface area (Å²) in [5, 5.41) is 0. The third kappa shape index (κ3) is 6.54. The van der Waals surface area contributed by atoms with Crippen LogP contribution in [0.25, 0.3) is 0 Å². The summed E-state index contributed by atoms with van der Waals surface area (Å²) in [6.45, 7) is 4.68. The lowest BCUT2D eigenvalue weighted by Crippen LogP contribution is -2.41. The van der Waals surface area contributed by atoms with Gasteiger partial charge in [0.2, 0.25) is 5.91 Å². The summed E-state index contributed by atoms with van der Waals surface area (Å²) in [6.07, 6.45) is 1.85. The van der Waals surface area contributed by atoms with Crippen LogP contribution in [0.3, 0.4) is 0 Å². The van der Waals surface area contributed by atoms with E-state index >= 15 is 0 Å². The van der Waals surface area contributed by atoms with Crippen molar-refractivity contribution in [3.05, 3.63) is 65.2 Å². The first kappa shape index (κ1) is 21.2. The number of aryl methyl sites for hydroxylation is 1. The smallest absolute Gasteiger partial charge is 0.269 e. The minimum absolute atomic E-state index is 0.0119. The Balaban J connectivity index is 1.75. The molecule has 6 nitrogen and oxygen atoms in total. The van der Waals surface area contributed by atoms with Crippen molar-refractivity contribution in [2.75, 3.05) is 6.61 Å². The highest BCUT2D eigenvalue weighted by Crippen LogP contribution is 2.14. The van der Waals surface area contributed by atoms with Crippen LogP contribution in [0.15, 0.2) is 48.5 Å². The predicted octanol–water partition coefficient (Wildman–Crippen LogP) is 3.46. The Morgan fingerprint density at radius 2 is 1.46 bits per heavy atom. The lowest BCUT2D eigenvalue weighted by molar-refractivity contribution is -0.121. The van der Waals surface area contributed by atoms with E-state index in [9.17, 15) is 14.4 Å². The van der Waals surface area contributed by atoms with E-state index < -0.39 is 11.8 Å². The fourth-order valence-corrected chi connectivity index (χ4v) is 2.48. The number of Topliss-reactive ketones (excluding diaryl/α,β-unsaturated/α-hetero) is 1. The van der Waals surface area contributed by atoms with E-state index in [2.05, 4.69) is 10.9 Å². The second kappa shape index (κ2) is 10.9. The standard InChI is InChI=1S/C22H26N2O4/c1-3-15-28-19-11-9-17(10-12-19)20(25)13-14-21(26)23-24-22(27)18-7-5-16(4-2)6-8-18/h5-12H,3-4,13-15H2,1-2H3,(H,23,26)(H,24,27). The molecule has 0 saturated carbocycles. The molecule has 0 radical (unpaired) electrons. The molecule has 0 aliphatic rings. The van der Waals surface area contributed by atoms with Gasteiger partial charge >= 0.3 is 0 Å². The summed E-state index contributed by atoms with van der Waals surface area (Å²) in [4.78, 5) is 36.1. The molecule has 0 aliphatic heterocycles. The van der Waals surface area contributed by atoms with Crippen molar-refractivity contribution in [3.8, 4) is 5.75 Å². The van der Waals surface area contributed by atoms with Crippen LogP contribution in [-0.4, -0.2) is 24.2 Å². The number of benzene rings is 2. The van der Waals surface area contributed by atoms with E-state index in [1.54, 1.807) is 36.4 Å². The van der Waals surface area contributed by atoms with E-state index in [0.717, 1.165) is 18.4 Å². The predicted molar refractivity (Wildman–Crippen MR) is 107 cm³/mol. The van der Waals surface area contributed by atoms with Gasteiger partial charge in [-0.2, -0.15) is 0 Å². The number of hydrogen-bond acceptors (Lipinski definition) is 4. The zero-order chi connectivity index (χ0) is 20.4. The van der Waals surface area contributed by atoms with Crippen LogP contribution in [0, 0.1) is 0 Å². The van der Waals surface area contributed by atoms with E-state index in [0.29, 0.717) is 23.5 Å². The minimum Gasteiger partial charge on any atom is -0.494 e. The van der Waals surface area contributed by atoms with Crippen molar-refractivity contribution in [3.63, 3.8) is 0 Å². The van der Waals surface area contributed by atoms with Crippen LogP contribution in [-0.2, 0) is 11.2 Å². The van der Waals surface area contributed by atoms with Crippen LogP contribution < -0.4 is 15.6 Å². The number of hydrogen-bond donors (Lipinski definition) is 2. The third-order valence-corrected chi connectivity index (χ3v) is 4.17. The maximum atomic E-state index is 12.2. The van der Waals surface area contributed by atoms with Gasteiger partial charge in [0.25, 0.3) is 5.91 Å². The molecule has 2 aromatic carbocycles. The molecule has 2 amide bonds. The Kier molecular flexibility index (Phi) is 8.21. The molecule has 2 aromatic rings. The maximum Gasteiger partial charge on any atom is 0.269 e. The molecule has 0 unspecified atom stereocenters. The van der Waals surface area contributed by atoms with Gasteiger partial charge in [-0.25, -0.2) is 0 Å². The van der Waals surface area contributed by atoms with Crippen LogP contribution in [0.1, 0.15) is 59.4 Å². The minimum atomic E-state index is -0.422. The van der Waals surface area contributed by atoms with Gasteiger partial charge in [-0.3, -0.25) is 25.2 Å². The van der Waals surface area contributed by atoms with Crippen LogP contribution in [0.4, 0.5) is 0 Å². The van der Waals surface area contributed by atoms with Crippen molar-refractivity contribution < 1.29 is 19.1 Å². The van der Waals surface area contributed by atoms with Gasteiger partial charge in [0.15, 0.2) is 5.78 Å². The van der Waals surface area contributed by atoms with Crippen molar-refractivity contribution in [2.24, 2.45) is 0 Å². The maximum absolute atomic E-state index is 12.2. The molecule has 0 atom stereocenters. The first-order chi connectivity index (χ1) is 13.5.